The van der Waals surface area contributed by atoms with E-state index in [9.17, 15) is 31.1 Å². The number of benzene rings is 1. The van der Waals surface area contributed by atoms with Gasteiger partial charge in [-0.15, -0.1) is 13.2 Å². The minimum absolute atomic E-state index is 0.0466. The van der Waals surface area contributed by atoms with E-state index >= 15 is 0 Å². The summed E-state index contributed by atoms with van der Waals surface area (Å²) in [6.45, 7) is 0. The van der Waals surface area contributed by atoms with E-state index in [1.807, 2.05) is 0 Å². The predicted molar refractivity (Wildman–Crippen MR) is 101 cm³/mol. The smallest absolute Gasteiger partial charge is 0.439 e. The molecule has 1 aromatic carbocycles. The highest BCUT2D eigenvalue weighted by atomic mass is 19.4. The Bertz CT molecular complexity index is 1170. The molecule has 6 nitrogen and oxygen atoms in total. The number of carbonyl (C=O) groups excluding carboxylic acids is 1. The van der Waals surface area contributed by atoms with E-state index in [1.54, 1.807) is 0 Å². The van der Waals surface area contributed by atoms with Gasteiger partial charge < -0.3 is 14.5 Å². The molecule has 1 amide bonds. The summed E-state index contributed by atoms with van der Waals surface area (Å²) in [6, 6.07) is 6.08. The number of nitrogens with one attached hydrogen (secondary N) is 1. The fourth-order valence-corrected chi connectivity index (χ4v) is 3.48. The normalized spacial score (nSPS) is 16.2. The Hall–Kier alpha value is -3.57. The van der Waals surface area contributed by atoms with E-state index in [0.717, 1.165) is 24.4 Å². The average molecular weight is 471 g/mol. The zero-order chi connectivity index (χ0) is 23.8. The van der Waals surface area contributed by atoms with Crippen LogP contribution in [0.2, 0.25) is 0 Å². The summed E-state index contributed by atoms with van der Waals surface area (Å²) in [4.78, 5) is 20.2. The number of pyridine rings is 1. The average Bonchev–Trinajstić information content (AvgIpc) is 3.18. The zero-order valence-corrected chi connectivity index (χ0v) is 16.6. The second kappa shape index (κ2) is 8.41. The van der Waals surface area contributed by atoms with Gasteiger partial charge in [0.05, 0.1) is 11.7 Å². The molecule has 33 heavy (non-hydrogen) atoms. The number of nitrogens with zero attached hydrogens (tertiary/aromatic N) is 2. The molecule has 1 aliphatic rings. The van der Waals surface area contributed by atoms with Gasteiger partial charge in [-0.1, -0.05) is 6.07 Å². The number of carbonyl (C=O) groups is 1. The molecule has 0 saturated heterocycles. The lowest BCUT2D eigenvalue weighted by Crippen LogP contribution is -2.30. The van der Waals surface area contributed by atoms with Crippen LogP contribution < -0.4 is 10.1 Å². The topological polar surface area (TPSA) is 77.3 Å². The van der Waals surface area contributed by atoms with Gasteiger partial charge in [0.15, 0.2) is 0 Å². The Morgan fingerprint density at radius 2 is 1.91 bits per heavy atom. The predicted octanol–water partition coefficient (Wildman–Crippen LogP) is 5.46. The van der Waals surface area contributed by atoms with E-state index in [1.165, 1.54) is 18.2 Å². The quantitative estimate of drug-likeness (QED) is 0.512. The first-order valence-electron chi connectivity index (χ1n) is 9.69. The fraction of sp³-hybridized carbons (Fsp3) is 0.286. The van der Waals surface area contributed by atoms with E-state index in [0.29, 0.717) is 25.0 Å². The highest BCUT2D eigenvalue weighted by molar-refractivity contribution is 5.94. The Labute approximate surface area is 182 Å². The molecule has 1 atom stereocenters. The van der Waals surface area contributed by atoms with Gasteiger partial charge in [0.25, 0.3) is 5.91 Å². The second-order valence-corrected chi connectivity index (χ2v) is 7.25. The highest BCUT2D eigenvalue weighted by Crippen LogP contribution is 2.35. The van der Waals surface area contributed by atoms with Crippen LogP contribution in [0.5, 0.6) is 5.75 Å². The third-order valence-electron chi connectivity index (χ3n) is 4.88. The lowest BCUT2D eigenvalue weighted by molar-refractivity contribution is -0.274. The summed E-state index contributed by atoms with van der Waals surface area (Å²) in [5, 5.41) is 2.68. The molecule has 2 aromatic heterocycles. The number of oxazole rings is 1. The van der Waals surface area contributed by atoms with Gasteiger partial charge in [0.2, 0.25) is 5.89 Å². The van der Waals surface area contributed by atoms with E-state index in [2.05, 4.69) is 20.0 Å². The van der Waals surface area contributed by atoms with Gasteiger partial charge >= 0.3 is 12.5 Å². The number of rotatable bonds is 4. The van der Waals surface area contributed by atoms with E-state index < -0.39 is 35.9 Å². The number of aromatic nitrogens is 2. The number of ether oxygens (including phenoxy) is 1. The molecule has 1 unspecified atom stereocenters. The second-order valence-electron chi connectivity index (χ2n) is 7.25. The molecule has 0 saturated carbocycles. The summed E-state index contributed by atoms with van der Waals surface area (Å²) in [7, 11) is 0. The Morgan fingerprint density at radius 3 is 2.64 bits per heavy atom. The van der Waals surface area contributed by atoms with Gasteiger partial charge in [-0.05, 0) is 49.6 Å². The first kappa shape index (κ1) is 22.6. The summed E-state index contributed by atoms with van der Waals surface area (Å²) in [6.07, 6.45) is -6.97. The number of fused-ring (bicyclic) bond motifs is 1. The molecule has 0 bridgehead atoms. The summed E-state index contributed by atoms with van der Waals surface area (Å²) in [5.74, 6) is -0.964. The maximum Gasteiger partial charge on any atom is 0.573 e. The molecule has 2 heterocycles. The van der Waals surface area contributed by atoms with Gasteiger partial charge in [-0.2, -0.15) is 13.2 Å². The minimum atomic E-state index is -4.90. The number of hydrogen-bond donors (Lipinski definition) is 1. The van der Waals surface area contributed by atoms with Crippen LogP contribution >= 0.6 is 0 Å². The van der Waals surface area contributed by atoms with E-state index in [4.69, 9.17) is 4.42 Å². The standard InChI is InChI=1S/C21H15F6N3O3/c22-20(23,24)16-10-12(7-8-28-16)19-30-15-6-2-5-14(17(15)32-19)29-18(31)11-3-1-4-13(9-11)33-21(25,26)27/h1,3-4,7-10,14H,2,5-6H2,(H,29,31). The molecule has 4 rings (SSSR count). The fourth-order valence-electron chi connectivity index (χ4n) is 3.48. The van der Waals surface area contributed by atoms with Crippen LogP contribution in [0.4, 0.5) is 26.3 Å². The maximum atomic E-state index is 13.0. The van der Waals surface area contributed by atoms with Crippen LogP contribution in [-0.2, 0) is 12.6 Å². The number of amides is 1. The molecule has 1 aliphatic carbocycles. The molecule has 0 aliphatic heterocycles. The van der Waals surface area contributed by atoms with Crippen molar-refractivity contribution in [1.29, 1.82) is 0 Å². The summed E-state index contributed by atoms with van der Waals surface area (Å²) < 4.78 is 85.7. The van der Waals surface area contributed by atoms with Crippen LogP contribution in [0, 0.1) is 0 Å². The first-order valence-corrected chi connectivity index (χ1v) is 9.69. The number of hydrogen-bond acceptors (Lipinski definition) is 5. The first-order chi connectivity index (χ1) is 15.5. The van der Waals surface area contributed by atoms with Crippen LogP contribution in [0.3, 0.4) is 0 Å². The van der Waals surface area contributed by atoms with Crippen molar-refractivity contribution >= 4 is 5.91 Å². The third-order valence-corrected chi connectivity index (χ3v) is 4.88. The monoisotopic (exact) mass is 471 g/mol. The Morgan fingerprint density at radius 1 is 1.12 bits per heavy atom. The van der Waals surface area contributed by atoms with Crippen molar-refractivity contribution in [3.8, 4) is 17.2 Å². The molecular weight excluding hydrogens is 456 g/mol. The van der Waals surface area contributed by atoms with Crippen LogP contribution in [0.1, 0.15) is 46.4 Å². The van der Waals surface area contributed by atoms with Crippen LogP contribution in [-0.4, -0.2) is 22.2 Å². The molecule has 0 spiro atoms. The Balaban J connectivity index is 1.56. The van der Waals surface area contributed by atoms with Crippen molar-refractivity contribution in [3.63, 3.8) is 0 Å². The van der Waals surface area contributed by atoms with Gasteiger partial charge in [-0.3, -0.25) is 9.78 Å². The zero-order valence-electron chi connectivity index (χ0n) is 16.6. The molecule has 12 heteroatoms. The van der Waals surface area contributed by atoms with Crippen molar-refractivity contribution < 1.29 is 40.3 Å². The summed E-state index contributed by atoms with van der Waals surface area (Å²) >= 11 is 0. The van der Waals surface area contributed by atoms with Crippen LogP contribution in [0.15, 0.2) is 47.0 Å². The van der Waals surface area contributed by atoms with Gasteiger partial charge in [-0.25, -0.2) is 4.98 Å². The number of alkyl halides is 6. The molecular formula is C21H15F6N3O3. The highest BCUT2D eigenvalue weighted by Gasteiger charge is 2.34. The third kappa shape index (κ3) is 5.26. The van der Waals surface area contributed by atoms with Crippen molar-refractivity contribution in [3.05, 3.63) is 65.3 Å². The lowest BCUT2D eigenvalue weighted by atomic mass is 9.96. The van der Waals surface area contributed by atoms with Crippen LogP contribution in [0.25, 0.3) is 11.5 Å². The molecule has 0 fully saturated rings. The van der Waals surface area contributed by atoms with E-state index in [-0.39, 0.29) is 22.8 Å². The molecule has 1 N–H and O–H groups in total. The minimum Gasteiger partial charge on any atom is -0.439 e. The van der Waals surface area contributed by atoms with Crippen molar-refractivity contribution in [2.45, 2.75) is 37.8 Å². The largest absolute Gasteiger partial charge is 0.573 e. The summed E-state index contributed by atoms with van der Waals surface area (Å²) in [5.41, 5.74) is -0.593. The maximum absolute atomic E-state index is 13.0. The van der Waals surface area contributed by atoms with Gasteiger partial charge in [0, 0.05) is 17.3 Å². The Kier molecular flexibility index (Phi) is 5.76. The molecule has 3 aromatic rings. The van der Waals surface area contributed by atoms with Gasteiger partial charge in [0.1, 0.15) is 17.2 Å². The number of halogens is 6. The molecule has 174 valence electrons. The lowest BCUT2D eigenvalue weighted by Gasteiger charge is -2.21. The van der Waals surface area contributed by atoms with Crippen molar-refractivity contribution in [2.75, 3.05) is 0 Å². The van der Waals surface area contributed by atoms with Crippen molar-refractivity contribution in [2.24, 2.45) is 0 Å². The number of aryl methyl sites for hydroxylation is 1. The molecule has 0 radical (unpaired) electrons. The van der Waals surface area contributed by atoms with Crippen molar-refractivity contribution in [1.82, 2.24) is 15.3 Å². The SMILES string of the molecule is O=C(NC1CCCc2nc(-c3ccnc(C(F)(F)F)c3)oc21)c1cccc(OC(F)(F)F)c1.